The van der Waals surface area contributed by atoms with Crippen LogP contribution in [0, 0.1) is 19.8 Å². The minimum Gasteiger partial charge on any atom is -0.369 e. The third-order valence-electron chi connectivity index (χ3n) is 6.37. The van der Waals surface area contributed by atoms with Gasteiger partial charge in [0.15, 0.2) is 0 Å². The lowest BCUT2D eigenvalue weighted by Gasteiger charge is -2.31. The molecule has 0 aliphatic carbocycles. The molecule has 166 valence electrons. The molecule has 6 heteroatoms. The highest BCUT2D eigenvalue weighted by atomic mass is 16.2. The van der Waals surface area contributed by atoms with Crippen molar-refractivity contribution in [2.45, 2.75) is 39.7 Å². The Morgan fingerprint density at radius 2 is 1.88 bits per heavy atom. The van der Waals surface area contributed by atoms with Gasteiger partial charge in [0.2, 0.25) is 11.8 Å². The van der Waals surface area contributed by atoms with Crippen molar-refractivity contribution < 1.29 is 9.59 Å². The summed E-state index contributed by atoms with van der Waals surface area (Å²) in [6.45, 7) is 6.48. The quantitative estimate of drug-likeness (QED) is 0.624. The fourth-order valence-electron chi connectivity index (χ4n) is 4.58. The normalized spacial score (nSPS) is 16.8. The first-order valence-corrected chi connectivity index (χ1v) is 11.2. The first-order valence-electron chi connectivity index (χ1n) is 11.2. The Morgan fingerprint density at radius 3 is 2.62 bits per heavy atom. The number of fused-ring (bicyclic) bond motifs is 1. The lowest BCUT2D eigenvalue weighted by Crippen LogP contribution is -2.40. The Morgan fingerprint density at radius 1 is 1.12 bits per heavy atom. The standard InChI is InChI=1S/C26H30N4O2/c1-17-22-7-3-4-8-24(22)28-18(2)23(17)14-25(31)29-21-11-9-19(10-12-21)15-30-13-5-6-20(16-30)26(27)32/h3-4,7-12,20H,5-6,13-16H2,1-2H3,(H2,27,32)(H,29,31). The summed E-state index contributed by atoms with van der Waals surface area (Å²) >= 11 is 0. The van der Waals surface area contributed by atoms with E-state index in [1.165, 1.54) is 0 Å². The summed E-state index contributed by atoms with van der Waals surface area (Å²) in [6, 6.07) is 15.9. The van der Waals surface area contributed by atoms with Crippen LogP contribution in [0.15, 0.2) is 48.5 Å². The molecule has 1 atom stereocenters. The van der Waals surface area contributed by atoms with Crippen molar-refractivity contribution in [1.82, 2.24) is 9.88 Å². The zero-order chi connectivity index (χ0) is 22.7. The molecule has 0 bridgehead atoms. The number of hydrogen-bond donors (Lipinski definition) is 2. The molecule has 2 heterocycles. The predicted octanol–water partition coefficient (Wildman–Crippen LogP) is 3.73. The first-order chi connectivity index (χ1) is 15.4. The number of nitrogens with zero attached hydrogens (tertiary/aromatic N) is 2. The number of nitrogens with one attached hydrogen (secondary N) is 1. The van der Waals surface area contributed by atoms with Gasteiger partial charge in [-0.2, -0.15) is 0 Å². The van der Waals surface area contributed by atoms with E-state index >= 15 is 0 Å². The number of piperidine rings is 1. The van der Waals surface area contributed by atoms with Gasteiger partial charge in [-0.25, -0.2) is 0 Å². The van der Waals surface area contributed by atoms with Crippen LogP contribution in [0.2, 0.25) is 0 Å². The van der Waals surface area contributed by atoms with Crippen LogP contribution in [0.25, 0.3) is 10.9 Å². The molecule has 1 unspecified atom stereocenters. The van der Waals surface area contributed by atoms with E-state index in [9.17, 15) is 9.59 Å². The second-order valence-corrected chi connectivity index (χ2v) is 8.72. The number of para-hydroxylation sites is 1. The summed E-state index contributed by atoms with van der Waals surface area (Å²) in [5.74, 6) is -0.319. The second-order valence-electron chi connectivity index (χ2n) is 8.72. The number of hydrogen-bond acceptors (Lipinski definition) is 4. The van der Waals surface area contributed by atoms with E-state index in [1.54, 1.807) is 0 Å². The summed E-state index contributed by atoms with van der Waals surface area (Å²) in [5.41, 5.74) is 11.3. The number of anilines is 1. The molecule has 0 saturated carbocycles. The van der Waals surface area contributed by atoms with E-state index in [0.29, 0.717) is 13.0 Å². The number of nitrogens with two attached hydrogens (primary N) is 1. The molecular weight excluding hydrogens is 400 g/mol. The topological polar surface area (TPSA) is 88.3 Å². The van der Waals surface area contributed by atoms with Crippen LogP contribution in [-0.2, 0) is 22.6 Å². The minimum atomic E-state index is -0.208. The number of aromatic nitrogens is 1. The van der Waals surface area contributed by atoms with Gasteiger partial charge in [0.1, 0.15) is 0 Å². The Hall–Kier alpha value is -3.25. The molecule has 3 aromatic rings. The molecule has 1 fully saturated rings. The molecule has 2 aromatic carbocycles. The lowest BCUT2D eigenvalue weighted by molar-refractivity contribution is -0.123. The maximum atomic E-state index is 12.7. The molecule has 0 spiro atoms. The van der Waals surface area contributed by atoms with Crippen molar-refractivity contribution in [2.75, 3.05) is 18.4 Å². The van der Waals surface area contributed by atoms with Crippen molar-refractivity contribution in [3.8, 4) is 0 Å². The van der Waals surface area contributed by atoms with Crippen molar-refractivity contribution in [3.63, 3.8) is 0 Å². The summed E-state index contributed by atoms with van der Waals surface area (Å²) in [5, 5.41) is 4.09. The van der Waals surface area contributed by atoms with E-state index < -0.39 is 0 Å². The van der Waals surface area contributed by atoms with Gasteiger partial charge in [0.05, 0.1) is 17.9 Å². The van der Waals surface area contributed by atoms with E-state index in [1.807, 2.05) is 55.5 Å². The highest BCUT2D eigenvalue weighted by Gasteiger charge is 2.23. The van der Waals surface area contributed by atoms with Crippen LogP contribution < -0.4 is 11.1 Å². The van der Waals surface area contributed by atoms with Crippen LogP contribution in [-0.4, -0.2) is 34.8 Å². The third-order valence-corrected chi connectivity index (χ3v) is 6.37. The number of aryl methyl sites for hydroxylation is 2. The van der Waals surface area contributed by atoms with Crippen molar-refractivity contribution in [2.24, 2.45) is 11.7 Å². The van der Waals surface area contributed by atoms with Gasteiger partial charge in [-0.3, -0.25) is 19.5 Å². The summed E-state index contributed by atoms with van der Waals surface area (Å²) in [4.78, 5) is 31.2. The maximum Gasteiger partial charge on any atom is 0.228 e. The zero-order valence-corrected chi connectivity index (χ0v) is 18.7. The monoisotopic (exact) mass is 430 g/mol. The zero-order valence-electron chi connectivity index (χ0n) is 18.7. The predicted molar refractivity (Wildman–Crippen MR) is 127 cm³/mol. The van der Waals surface area contributed by atoms with Crippen LogP contribution in [0.1, 0.15) is 35.2 Å². The highest BCUT2D eigenvalue weighted by Crippen LogP contribution is 2.24. The van der Waals surface area contributed by atoms with Crippen LogP contribution in [0.5, 0.6) is 0 Å². The number of carbonyl (C=O) groups excluding carboxylic acids is 2. The van der Waals surface area contributed by atoms with E-state index in [-0.39, 0.29) is 17.7 Å². The number of likely N-dealkylation sites (tertiary alicyclic amines) is 1. The number of carbonyl (C=O) groups is 2. The number of benzene rings is 2. The number of primary amides is 1. The van der Waals surface area contributed by atoms with Gasteiger partial charge in [0.25, 0.3) is 0 Å². The van der Waals surface area contributed by atoms with Gasteiger partial charge in [0, 0.05) is 29.9 Å². The summed E-state index contributed by atoms with van der Waals surface area (Å²) in [6.07, 6.45) is 2.16. The van der Waals surface area contributed by atoms with Crippen molar-refractivity contribution in [1.29, 1.82) is 0 Å². The number of rotatable bonds is 6. The Balaban J connectivity index is 1.38. The van der Waals surface area contributed by atoms with Crippen LogP contribution in [0.4, 0.5) is 5.69 Å². The van der Waals surface area contributed by atoms with Gasteiger partial charge in [-0.15, -0.1) is 0 Å². The number of pyridine rings is 1. The third kappa shape index (κ3) is 4.97. The van der Waals surface area contributed by atoms with Crippen LogP contribution in [0.3, 0.4) is 0 Å². The SMILES string of the molecule is Cc1nc2ccccc2c(C)c1CC(=O)Nc1ccc(CN2CCCC(C(N)=O)C2)cc1. The molecule has 1 aliphatic heterocycles. The molecule has 1 saturated heterocycles. The fourth-order valence-corrected chi connectivity index (χ4v) is 4.58. The maximum absolute atomic E-state index is 12.7. The first kappa shape index (κ1) is 22.0. The smallest absolute Gasteiger partial charge is 0.228 e. The van der Waals surface area contributed by atoms with E-state index in [4.69, 9.17) is 5.73 Å². The second kappa shape index (κ2) is 9.49. The fraction of sp³-hybridized carbons (Fsp3) is 0.346. The molecule has 0 radical (unpaired) electrons. The minimum absolute atomic E-state index is 0.0543. The molecule has 3 N–H and O–H groups in total. The Labute approximate surface area is 188 Å². The Kier molecular flexibility index (Phi) is 6.51. The van der Waals surface area contributed by atoms with E-state index in [0.717, 1.165) is 64.9 Å². The molecular formula is C26H30N4O2. The molecule has 1 aromatic heterocycles. The lowest BCUT2D eigenvalue weighted by atomic mass is 9.97. The van der Waals surface area contributed by atoms with Crippen molar-refractivity contribution >= 4 is 28.4 Å². The molecule has 1 aliphatic rings. The Bertz CT molecular complexity index is 1140. The molecule has 4 rings (SSSR count). The average Bonchev–Trinajstić information content (AvgIpc) is 2.78. The summed E-state index contributed by atoms with van der Waals surface area (Å²) in [7, 11) is 0. The largest absolute Gasteiger partial charge is 0.369 e. The molecule has 2 amide bonds. The van der Waals surface area contributed by atoms with Gasteiger partial charge >= 0.3 is 0 Å². The molecule has 32 heavy (non-hydrogen) atoms. The highest BCUT2D eigenvalue weighted by molar-refractivity contribution is 5.94. The van der Waals surface area contributed by atoms with E-state index in [2.05, 4.69) is 22.1 Å². The average molecular weight is 431 g/mol. The van der Waals surface area contributed by atoms with Gasteiger partial charge in [-0.05, 0) is 68.1 Å². The van der Waals surface area contributed by atoms with Gasteiger partial charge in [-0.1, -0.05) is 30.3 Å². The van der Waals surface area contributed by atoms with Crippen molar-refractivity contribution in [3.05, 3.63) is 70.9 Å². The van der Waals surface area contributed by atoms with Crippen LogP contribution >= 0.6 is 0 Å². The number of amides is 2. The molecule has 6 nitrogen and oxygen atoms in total. The van der Waals surface area contributed by atoms with Gasteiger partial charge < -0.3 is 11.1 Å². The summed E-state index contributed by atoms with van der Waals surface area (Å²) < 4.78 is 0.